The average Bonchev–Trinajstić information content (AvgIpc) is 1.97. The Balaban J connectivity index is 2.14. The van der Waals surface area contributed by atoms with Crippen LogP contribution < -0.4 is 11.1 Å². The van der Waals surface area contributed by atoms with Crippen LogP contribution >= 0.6 is 11.8 Å². The molecule has 4 heteroatoms. The molecule has 2 atom stereocenters. The minimum absolute atomic E-state index is 0.0198. The quantitative estimate of drug-likeness (QED) is 0.567. The molecule has 0 saturated carbocycles. The normalized spacial score (nSPS) is 31.2. The molecule has 1 aliphatic heterocycles. The molecule has 1 amide bonds. The minimum Gasteiger partial charge on any atom is -0.341 e. The Hall–Kier alpha value is -0.220. The molecular weight excluding hydrogens is 148 g/mol. The van der Waals surface area contributed by atoms with Crippen molar-refractivity contribution >= 4 is 17.7 Å². The third kappa shape index (κ3) is 1.44. The fraction of sp³-hybridized carbons (Fsp3) is 0.833. The first-order valence-electron chi connectivity index (χ1n) is 3.43. The second-order valence-corrected chi connectivity index (χ2v) is 3.58. The molecule has 1 fully saturated rings. The van der Waals surface area contributed by atoms with Gasteiger partial charge in [0.1, 0.15) is 6.04 Å². The van der Waals surface area contributed by atoms with Crippen LogP contribution in [-0.2, 0) is 4.79 Å². The van der Waals surface area contributed by atoms with E-state index in [0.717, 1.165) is 12.2 Å². The van der Waals surface area contributed by atoms with Crippen LogP contribution in [0, 0.1) is 0 Å². The monoisotopic (exact) mass is 160 g/mol. The zero-order chi connectivity index (χ0) is 7.56. The number of hydrogen-bond donors (Lipinski definition) is 2. The van der Waals surface area contributed by atoms with Gasteiger partial charge >= 0.3 is 0 Å². The molecule has 3 N–H and O–H groups in total. The van der Waals surface area contributed by atoms with E-state index in [4.69, 9.17) is 5.73 Å². The number of β-lactam (4-membered cyclic amide) rings is 1. The van der Waals surface area contributed by atoms with Gasteiger partial charge in [-0.1, -0.05) is 6.92 Å². The third-order valence-electron chi connectivity index (χ3n) is 1.41. The van der Waals surface area contributed by atoms with Crippen LogP contribution in [-0.4, -0.2) is 23.1 Å². The molecule has 0 aromatic carbocycles. The van der Waals surface area contributed by atoms with Crippen molar-refractivity contribution in [2.75, 3.05) is 5.75 Å². The highest BCUT2D eigenvalue weighted by molar-refractivity contribution is 8.00. The van der Waals surface area contributed by atoms with Gasteiger partial charge in [0.05, 0.1) is 5.37 Å². The van der Waals surface area contributed by atoms with Crippen molar-refractivity contribution < 1.29 is 4.79 Å². The molecule has 3 nitrogen and oxygen atoms in total. The Morgan fingerprint density at radius 1 is 1.80 bits per heavy atom. The van der Waals surface area contributed by atoms with E-state index in [9.17, 15) is 4.79 Å². The fourth-order valence-corrected chi connectivity index (χ4v) is 1.78. The van der Waals surface area contributed by atoms with Gasteiger partial charge in [0, 0.05) is 0 Å². The van der Waals surface area contributed by atoms with Crippen molar-refractivity contribution in [1.29, 1.82) is 0 Å². The maximum Gasteiger partial charge on any atom is 0.240 e. The van der Waals surface area contributed by atoms with Crippen LogP contribution in [0.5, 0.6) is 0 Å². The third-order valence-corrected chi connectivity index (χ3v) is 2.83. The standard InChI is InChI=1S/C6H12N2OS/c1-2-3-10-6-4(7)5(9)8-6/h4,6H,2-3,7H2,1H3,(H,8,9)/t4-,6-/m1/s1. The van der Waals surface area contributed by atoms with Crippen molar-refractivity contribution in [3.05, 3.63) is 0 Å². The Morgan fingerprint density at radius 2 is 2.50 bits per heavy atom. The van der Waals surface area contributed by atoms with Crippen molar-refractivity contribution in [1.82, 2.24) is 5.32 Å². The largest absolute Gasteiger partial charge is 0.341 e. The number of nitrogens with one attached hydrogen (secondary N) is 1. The Labute approximate surface area is 64.7 Å². The van der Waals surface area contributed by atoms with Crippen LogP contribution in [0.15, 0.2) is 0 Å². The molecule has 0 spiro atoms. The van der Waals surface area contributed by atoms with Crippen molar-refractivity contribution in [2.45, 2.75) is 24.8 Å². The maximum absolute atomic E-state index is 10.6. The number of nitrogens with two attached hydrogens (primary N) is 1. The summed E-state index contributed by atoms with van der Waals surface area (Å²) in [7, 11) is 0. The topological polar surface area (TPSA) is 55.1 Å². The van der Waals surface area contributed by atoms with Gasteiger partial charge < -0.3 is 11.1 Å². The highest BCUT2D eigenvalue weighted by Crippen LogP contribution is 2.18. The molecule has 0 aromatic heterocycles. The fourth-order valence-electron chi connectivity index (χ4n) is 0.758. The summed E-state index contributed by atoms with van der Waals surface area (Å²) in [5.74, 6) is 1.05. The number of carbonyl (C=O) groups excluding carboxylic acids is 1. The van der Waals surface area contributed by atoms with Crippen molar-refractivity contribution in [3.8, 4) is 0 Å². The molecule has 0 bridgehead atoms. The van der Waals surface area contributed by atoms with E-state index in [0.29, 0.717) is 0 Å². The summed E-state index contributed by atoms with van der Waals surface area (Å²) in [5, 5.41) is 2.90. The SMILES string of the molecule is CCCS[C@H]1NC(=O)[C@H]1N. The molecule has 1 aliphatic rings. The molecule has 1 rings (SSSR count). The predicted molar refractivity (Wildman–Crippen MR) is 42.7 cm³/mol. The van der Waals surface area contributed by atoms with E-state index in [2.05, 4.69) is 12.2 Å². The summed E-state index contributed by atoms with van der Waals surface area (Å²) in [6.07, 6.45) is 1.13. The first-order chi connectivity index (χ1) is 4.75. The first kappa shape index (κ1) is 7.88. The van der Waals surface area contributed by atoms with Crippen LogP contribution in [0.2, 0.25) is 0 Å². The van der Waals surface area contributed by atoms with E-state index in [1.165, 1.54) is 0 Å². The Morgan fingerprint density at radius 3 is 2.90 bits per heavy atom. The number of rotatable bonds is 3. The Kier molecular flexibility index (Phi) is 2.56. The molecular formula is C6H12N2OS. The van der Waals surface area contributed by atoms with Gasteiger partial charge in [-0.05, 0) is 12.2 Å². The van der Waals surface area contributed by atoms with Crippen molar-refractivity contribution in [3.63, 3.8) is 0 Å². The zero-order valence-electron chi connectivity index (χ0n) is 5.96. The van der Waals surface area contributed by atoms with E-state index in [-0.39, 0.29) is 17.3 Å². The van der Waals surface area contributed by atoms with Gasteiger partial charge in [-0.25, -0.2) is 0 Å². The summed E-state index contributed by atoms with van der Waals surface area (Å²) < 4.78 is 0. The van der Waals surface area contributed by atoms with Gasteiger partial charge in [-0.3, -0.25) is 4.79 Å². The van der Waals surface area contributed by atoms with Crippen LogP contribution in [0.25, 0.3) is 0 Å². The maximum atomic E-state index is 10.6. The molecule has 0 radical (unpaired) electrons. The summed E-state index contributed by atoms with van der Waals surface area (Å²) in [5.41, 5.74) is 5.47. The lowest BCUT2D eigenvalue weighted by Crippen LogP contribution is -2.65. The second-order valence-electron chi connectivity index (χ2n) is 2.33. The van der Waals surface area contributed by atoms with Gasteiger partial charge in [0.15, 0.2) is 0 Å². The lowest BCUT2D eigenvalue weighted by molar-refractivity contribution is -0.128. The van der Waals surface area contributed by atoms with E-state index >= 15 is 0 Å². The molecule has 10 heavy (non-hydrogen) atoms. The van der Waals surface area contributed by atoms with Gasteiger partial charge in [0.2, 0.25) is 5.91 Å². The van der Waals surface area contributed by atoms with Crippen LogP contribution in [0.4, 0.5) is 0 Å². The Bertz CT molecular complexity index is 140. The molecule has 1 heterocycles. The molecule has 1 saturated heterocycles. The minimum atomic E-state index is -0.267. The van der Waals surface area contributed by atoms with E-state index in [1.807, 2.05) is 0 Å². The zero-order valence-corrected chi connectivity index (χ0v) is 6.78. The highest BCUT2D eigenvalue weighted by atomic mass is 32.2. The summed E-state index contributed by atoms with van der Waals surface area (Å²) >= 11 is 1.72. The predicted octanol–water partition coefficient (Wildman–Crippen LogP) is -0.0872. The number of hydrogen-bond acceptors (Lipinski definition) is 3. The smallest absolute Gasteiger partial charge is 0.240 e. The number of carbonyl (C=O) groups is 1. The summed E-state index contributed by atoms with van der Waals surface area (Å²) in [6.45, 7) is 2.11. The number of thioether (sulfide) groups is 1. The van der Waals surface area contributed by atoms with Gasteiger partial charge in [-0.2, -0.15) is 0 Å². The van der Waals surface area contributed by atoms with Gasteiger partial charge in [0.25, 0.3) is 0 Å². The highest BCUT2D eigenvalue weighted by Gasteiger charge is 2.35. The lowest BCUT2D eigenvalue weighted by atomic mass is 10.2. The van der Waals surface area contributed by atoms with Crippen LogP contribution in [0.3, 0.4) is 0 Å². The van der Waals surface area contributed by atoms with E-state index in [1.54, 1.807) is 11.8 Å². The van der Waals surface area contributed by atoms with Crippen molar-refractivity contribution in [2.24, 2.45) is 5.73 Å². The first-order valence-corrected chi connectivity index (χ1v) is 4.48. The van der Waals surface area contributed by atoms with Crippen LogP contribution in [0.1, 0.15) is 13.3 Å². The molecule has 58 valence electrons. The number of amides is 1. The average molecular weight is 160 g/mol. The summed E-state index contributed by atoms with van der Waals surface area (Å²) in [4.78, 5) is 10.6. The summed E-state index contributed by atoms with van der Waals surface area (Å²) in [6, 6.07) is -0.267. The lowest BCUT2D eigenvalue weighted by Gasteiger charge is -2.33. The molecule has 0 aromatic rings. The van der Waals surface area contributed by atoms with Gasteiger partial charge in [-0.15, -0.1) is 11.8 Å². The molecule has 0 aliphatic carbocycles. The second kappa shape index (κ2) is 3.25. The molecule has 0 unspecified atom stereocenters. The van der Waals surface area contributed by atoms with E-state index < -0.39 is 0 Å².